The second-order valence-electron chi connectivity index (χ2n) is 3.90. The predicted octanol–water partition coefficient (Wildman–Crippen LogP) is 2.29. The van der Waals surface area contributed by atoms with Gasteiger partial charge in [-0.15, -0.1) is 6.42 Å². The number of carbonyl (C=O) groups is 1. The van der Waals surface area contributed by atoms with Crippen LogP contribution in [-0.2, 0) is 4.79 Å². The molecule has 1 rings (SSSR count). The van der Waals surface area contributed by atoms with Crippen molar-refractivity contribution in [2.45, 2.75) is 19.3 Å². The van der Waals surface area contributed by atoms with Crippen molar-refractivity contribution < 1.29 is 19.4 Å². The molecule has 96 valence electrons. The minimum absolute atomic E-state index is 0.0771. The molecule has 18 heavy (non-hydrogen) atoms. The highest BCUT2D eigenvalue weighted by Gasteiger charge is 2.13. The monoisotopic (exact) mass is 248 g/mol. The van der Waals surface area contributed by atoms with Crippen molar-refractivity contribution in [2.75, 3.05) is 13.7 Å². The van der Waals surface area contributed by atoms with Crippen molar-refractivity contribution in [3.8, 4) is 23.8 Å². The SMILES string of the molecule is C#CCOc1ccc(C(C)CC(=O)O)cc1OC. The molecule has 0 amide bonds. The number of carboxylic acid groups (broad SMARTS) is 1. The van der Waals surface area contributed by atoms with Crippen LogP contribution in [0.2, 0.25) is 0 Å². The van der Waals surface area contributed by atoms with Gasteiger partial charge < -0.3 is 14.6 Å². The Morgan fingerprint density at radius 2 is 2.22 bits per heavy atom. The smallest absolute Gasteiger partial charge is 0.303 e. The second kappa shape index (κ2) is 6.55. The molecular weight excluding hydrogens is 232 g/mol. The number of rotatable bonds is 6. The normalized spacial score (nSPS) is 11.4. The Morgan fingerprint density at radius 3 is 2.78 bits per heavy atom. The zero-order chi connectivity index (χ0) is 13.5. The summed E-state index contributed by atoms with van der Waals surface area (Å²) in [6, 6.07) is 5.34. The van der Waals surface area contributed by atoms with Crippen LogP contribution < -0.4 is 9.47 Å². The van der Waals surface area contributed by atoms with Crippen LogP contribution in [-0.4, -0.2) is 24.8 Å². The third-order valence-electron chi connectivity index (χ3n) is 2.55. The van der Waals surface area contributed by atoms with Gasteiger partial charge in [-0.1, -0.05) is 18.9 Å². The first-order valence-corrected chi connectivity index (χ1v) is 5.54. The Morgan fingerprint density at radius 1 is 1.50 bits per heavy atom. The fourth-order valence-corrected chi connectivity index (χ4v) is 1.61. The summed E-state index contributed by atoms with van der Waals surface area (Å²) in [5, 5.41) is 8.76. The van der Waals surface area contributed by atoms with Crippen LogP contribution >= 0.6 is 0 Å². The van der Waals surface area contributed by atoms with Gasteiger partial charge in [-0.05, 0) is 23.6 Å². The molecule has 0 radical (unpaired) electrons. The summed E-state index contributed by atoms with van der Waals surface area (Å²) in [4.78, 5) is 10.7. The van der Waals surface area contributed by atoms with Crippen LogP contribution in [0.25, 0.3) is 0 Å². The molecule has 0 aliphatic heterocycles. The van der Waals surface area contributed by atoms with Crippen molar-refractivity contribution in [3.05, 3.63) is 23.8 Å². The molecule has 0 fully saturated rings. The predicted molar refractivity (Wildman–Crippen MR) is 68.0 cm³/mol. The highest BCUT2D eigenvalue weighted by Crippen LogP contribution is 2.31. The number of methoxy groups -OCH3 is 1. The Bertz CT molecular complexity index is 459. The fraction of sp³-hybridized carbons (Fsp3) is 0.357. The lowest BCUT2D eigenvalue weighted by Gasteiger charge is -2.13. The first kappa shape index (κ1) is 13.9. The quantitative estimate of drug-likeness (QED) is 0.785. The largest absolute Gasteiger partial charge is 0.493 e. The molecule has 1 aromatic rings. The van der Waals surface area contributed by atoms with Crippen LogP contribution in [0, 0.1) is 12.3 Å². The summed E-state index contributed by atoms with van der Waals surface area (Å²) in [6.45, 7) is 2.02. The van der Waals surface area contributed by atoms with E-state index in [1.165, 1.54) is 7.11 Å². The average molecular weight is 248 g/mol. The van der Waals surface area contributed by atoms with E-state index < -0.39 is 5.97 Å². The van der Waals surface area contributed by atoms with Gasteiger partial charge in [0, 0.05) is 0 Å². The Hall–Kier alpha value is -2.15. The van der Waals surface area contributed by atoms with Gasteiger partial charge in [0.15, 0.2) is 11.5 Å². The fourth-order valence-electron chi connectivity index (χ4n) is 1.61. The van der Waals surface area contributed by atoms with E-state index in [2.05, 4.69) is 5.92 Å². The number of hydrogen-bond acceptors (Lipinski definition) is 3. The van der Waals surface area contributed by atoms with E-state index in [-0.39, 0.29) is 18.9 Å². The Kier molecular flexibility index (Phi) is 5.06. The van der Waals surface area contributed by atoms with E-state index in [4.69, 9.17) is 21.0 Å². The maximum absolute atomic E-state index is 10.7. The summed E-state index contributed by atoms with van der Waals surface area (Å²) in [5.41, 5.74) is 0.891. The molecular formula is C14H16O4. The Balaban J connectivity index is 2.91. The van der Waals surface area contributed by atoms with E-state index in [9.17, 15) is 4.79 Å². The summed E-state index contributed by atoms with van der Waals surface area (Å²) in [6.07, 6.45) is 5.20. The van der Waals surface area contributed by atoms with Gasteiger partial charge in [0.2, 0.25) is 0 Å². The number of hydrogen-bond donors (Lipinski definition) is 1. The number of carboxylic acids is 1. The molecule has 0 aliphatic rings. The van der Waals surface area contributed by atoms with E-state index in [1.54, 1.807) is 12.1 Å². The van der Waals surface area contributed by atoms with Crippen LogP contribution in [0.3, 0.4) is 0 Å². The van der Waals surface area contributed by atoms with Gasteiger partial charge in [-0.3, -0.25) is 4.79 Å². The van der Waals surface area contributed by atoms with Gasteiger partial charge in [0.05, 0.1) is 13.5 Å². The molecule has 0 saturated carbocycles. The van der Waals surface area contributed by atoms with Gasteiger partial charge in [-0.25, -0.2) is 0 Å². The third kappa shape index (κ3) is 3.70. The average Bonchev–Trinajstić information content (AvgIpc) is 2.35. The van der Waals surface area contributed by atoms with Crippen molar-refractivity contribution in [2.24, 2.45) is 0 Å². The van der Waals surface area contributed by atoms with Gasteiger partial charge in [0.1, 0.15) is 6.61 Å². The molecule has 1 N–H and O–H groups in total. The summed E-state index contributed by atoms with van der Waals surface area (Å²) >= 11 is 0. The molecule has 1 aromatic carbocycles. The number of benzene rings is 1. The molecule has 0 saturated heterocycles. The van der Waals surface area contributed by atoms with Crippen LogP contribution in [0.5, 0.6) is 11.5 Å². The molecule has 4 nitrogen and oxygen atoms in total. The standard InChI is InChI=1S/C14H16O4/c1-4-7-18-12-6-5-11(9-13(12)17-3)10(2)8-14(15)16/h1,5-6,9-10H,7-8H2,2-3H3,(H,15,16). The maximum Gasteiger partial charge on any atom is 0.303 e. The zero-order valence-corrected chi connectivity index (χ0v) is 10.5. The van der Waals surface area contributed by atoms with Crippen molar-refractivity contribution in [1.82, 2.24) is 0 Å². The van der Waals surface area contributed by atoms with Gasteiger partial charge in [-0.2, -0.15) is 0 Å². The number of aliphatic carboxylic acids is 1. The van der Waals surface area contributed by atoms with E-state index in [0.29, 0.717) is 11.5 Å². The molecule has 0 spiro atoms. The van der Waals surface area contributed by atoms with Gasteiger partial charge in [0.25, 0.3) is 0 Å². The van der Waals surface area contributed by atoms with Crippen molar-refractivity contribution in [1.29, 1.82) is 0 Å². The van der Waals surface area contributed by atoms with Gasteiger partial charge >= 0.3 is 5.97 Å². The summed E-state index contributed by atoms with van der Waals surface area (Å²) in [7, 11) is 1.53. The number of ether oxygens (including phenoxy) is 2. The number of terminal acetylenes is 1. The van der Waals surface area contributed by atoms with Crippen molar-refractivity contribution in [3.63, 3.8) is 0 Å². The summed E-state index contributed by atoms with van der Waals surface area (Å²) < 4.78 is 10.5. The Labute approximate surface area is 107 Å². The summed E-state index contributed by atoms with van der Waals surface area (Å²) in [5.74, 6) is 2.58. The van der Waals surface area contributed by atoms with E-state index in [1.807, 2.05) is 13.0 Å². The first-order chi connectivity index (χ1) is 8.58. The lowest BCUT2D eigenvalue weighted by atomic mass is 9.97. The minimum atomic E-state index is -0.825. The lowest BCUT2D eigenvalue weighted by Crippen LogP contribution is -2.04. The highest BCUT2D eigenvalue weighted by molar-refractivity contribution is 5.68. The topological polar surface area (TPSA) is 55.8 Å². The first-order valence-electron chi connectivity index (χ1n) is 5.54. The van der Waals surface area contributed by atoms with Crippen LogP contribution in [0.1, 0.15) is 24.8 Å². The molecule has 0 aromatic heterocycles. The minimum Gasteiger partial charge on any atom is -0.493 e. The molecule has 0 bridgehead atoms. The molecule has 1 atom stereocenters. The molecule has 0 heterocycles. The second-order valence-corrected chi connectivity index (χ2v) is 3.90. The van der Waals surface area contributed by atoms with Crippen molar-refractivity contribution >= 4 is 5.97 Å². The highest BCUT2D eigenvalue weighted by atomic mass is 16.5. The molecule has 1 unspecified atom stereocenters. The van der Waals surface area contributed by atoms with E-state index >= 15 is 0 Å². The third-order valence-corrected chi connectivity index (χ3v) is 2.55. The van der Waals surface area contributed by atoms with Crippen LogP contribution in [0.4, 0.5) is 0 Å². The van der Waals surface area contributed by atoms with Crippen LogP contribution in [0.15, 0.2) is 18.2 Å². The maximum atomic E-state index is 10.7. The van der Waals surface area contributed by atoms with E-state index in [0.717, 1.165) is 5.56 Å². The lowest BCUT2D eigenvalue weighted by molar-refractivity contribution is -0.137. The molecule has 4 heteroatoms. The zero-order valence-electron chi connectivity index (χ0n) is 10.5. The molecule has 0 aliphatic carbocycles.